The van der Waals surface area contributed by atoms with Gasteiger partial charge in [0, 0.05) is 24.1 Å². The second kappa shape index (κ2) is 15.4. The van der Waals surface area contributed by atoms with E-state index >= 15 is 0 Å². The van der Waals surface area contributed by atoms with Crippen molar-refractivity contribution in [1.29, 1.82) is 0 Å². The van der Waals surface area contributed by atoms with Crippen molar-refractivity contribution in [3.63, 3.8) is 0 Å². The smallest absolute Gasteiger partial charge is 0.410 e. The molecule has 1 aromatic carbocycles. The van der Waals surface area contributed by atoms with Crippen molar-refractivity contribution < 1.29 is 28.6 Å². The lowest BCUT2D eigenvalue weighted by Gasteiger charge is -2.11. The van der Waals surface area contributed by atoms with E-state index in [1.807, 2.05) is 19.1 Å². The van der Waals surface area contributed by atoms with Crippen molar-refractivity contribution in [2.75, 3.05) is 13.7 Å². The number of aromatic hydroxyl groups is 1. The molecule has 0 spiro atoms. The van der Waals surface area contributed by atoms with Gasteiger partial charge >= 0.3 is 11.7 Å². The number of methoxy groups -OCH3 is 1. The van der Waals surface area contributed by atoms with E-state index in [2.05, 4.69) is 36.0 Å². The van der Waals surface area contributed by atoms with E-state index in [1.54, 1.807) is 19.9 Å². The second-order valence-electron chi connectivity index (χ2n) is 8.39. The third-order valence-electron chi connectivity index (χ3n) is 4.97. The van der Waals surface area contributed by atoms with Gasteiger partial charge in [0.2, 0.25) is 0 Å². The fraction of sp³-hybridized carbons (Fsp3) is 0.444. The average Bonchev–Trinajstić information content (AvgIpc) is 2.82. The van der Waals surface area contributed by atoms with Gasteiger partial charge in [-0.2, -0.15) is 0 Å². The number of carbonyl (C=O) groups is 2. The maximum atomic E-state index is 12.0. The minimum Gasteiger partial charge on any atom is -0.507 e. The molecule has 0 radical (unpaired) electrons. The van der Waals surface area contributed by atoms with Gasteiger partial charge in [-0.3, -0.25) is 10.1 Å². The first-order chi connectivity index (χ1) is 16.6. The molecule has 2 N–H and O–H groups in total. The molecule has 1 atom stereocenters. The zero-order valence-corrected chi connectivity index (χ0v) is 21.4. The Balaban J connectivity index is 0.000000462. The molecule has 0 fully saturated rings. The molecule has 0 aliphatic rings. The Hall–Kier alpha value is -3.55. The lowest BCUT2D eigenvalue weighted by atomic mass is 9.99. The second-order valence-corrected chi connectivity index (χ2v) is 8.39. The normalized spacial score (nSPS) is 11.5. The highest BCUT2D eigenvalue weighted by Crippen LogP contribution is 2.25. The lowest BCUT2D eigenvalue weighted by molar-refractivity contribution is 0.0931. The number of carbonyl (C=O) groups excluding carboxylic acids is 2. The van der Waals surface area contributed by atoms with Gasteiger partial charge in [0.25, 0.3) is 0 Å². The van der Waals surface area contributed by atoms with E-state index in [1.165, 1.54) is 24.9 Å². The van der Waals surface area contributed by atoms with Gasteiger partial charge in [-0.1, -0.05) is 51.5 Å². The van der Waals surface area contributed by atoms with Crippen LogP contribution >= 0.6 is 0 Å². The Morgan fingerprint density at radius 2 is 1.83 bits per heavy atom. The first-order valence-electron chi connectivity index (χ1n) is 11.7. The number of rotatable bonds is 10. The van der Waals surface area contributed by atoms with E-state index in [0.29, 0.717) is 18.6 Å². The van der Waals surface area contributed by atoms with Gasteiger partial charge in [-0.05, 0) is 38.3 Å². The number of allylic oxidation sites excluding steroid dienone is 1. The van der Waals surface area contributed by atoms with Gasteiger partial charge < -0.3 is 19.0 Å². The zero-order chi connectivity index (χ0) is 26.4. The summed E-state index contributed by atoms with van der Waals surface area (Å²) in [4.78, 5) is 34.7. The summed E-state index contributed by atoms with van der Waals surface area (Å²) in [5.41, 5.74) is 0.149. The number of amides is 1. The number of benzene rings is 1. The summed E-state index contributed by atoms with van der Waals surface area (Å²) < 4.78 is 15.0. The van der Waals surface area contributed by atoms with Crippen LogP contribution < -0.4 is 15.7 Å². The number of hydrogen-bond acceptors (Lipinski definition) is 7. The van der Waals surface area contributed by atoms with Gasteiger partial charge in [0.05, 0.1) is 13.7 Å². The molecule has 192 valence electrons. The van der Waals surface area contributed by atoms with Gasteiger partial charge in [0.15, 0.2) is 5.78 Å². The SMILES string of the molecule is CCCOc1ccc(C)cc1.COC(=O)N/C=C/CCC(C)c1cc(O)c(C(=O)C(C)C)c(=O)o1. The number of ether oxygens (including phenoxy) is 2. The molecular weight excluding hydrogens is 450 g/mol. The molecule has 0 saturated heterocycles. The van der Waals surface area contributed by atoms with Crippen LogP contribution in [0.15, 0.2) is 51.8 Å². The zero-order valence-electron chi connectivity index (χ0n) is 21.4. The van der Waals surface area contributed by atoms with Crippen LogP contribution in [0.25, 0.3) is 0 Å². The fourth-order valence-corrected chi connectivity index (χ4v) is 2.87. The molecule has 0 aliphatic heterocycles. The standard InChI is InChI=1S/C17H23NO6.C10H14O/c1-10(2)15(20)14-12(19)9-13(24-16(14)21)11(3)7-5-6-8-18-17(22)23-4;1-3-8-11-10-6-4-9(2)5-7-10/h6,8-11,19H,5,7H2,1-4H3,(H,18,22);4-7H,3,8H2,1-2H3/b8-6+;. The van der Waals surface area contributed by atoms with Crippen LogP contribution in [0.2, 0.25) is 0 Å². The minimum atomic E-state index is -0.821. The van der Waals surface area contributed by atoms with Crippen LogP contribution in [0, 0.1) is 12.8 Å². The van der Waals surface area contributed by atoms with E-state index in [-0.39, 0.29) is 17.2 Å². The Bertz CT molecular complexity index is 1020. The number of alkyl carbamates (subject to hydrolysis) is 1. The van der Waals surface area contributed by atoms with Gasteiger partial charge in [-0.15, -0.1) is 0 Å². The first kappa shape index (κ1) is 29.5. The molecule has 1 aromatic heterocycles. The minimum absolute atomic E-state index is 0.144. The summed E-state index contributed by atoms with van der Waals surface area (Å²) in [7, 11) is 1.27. The Morgan fingerprint density at radius 3 is 2.37 bits per heavy atom. The van der Waals surface area contributed by atoms with E-state index in [4.69, 9.17) is 9.15 Å². The lowest BCUT2D eigenvalue weighted by Crippen LogP contribution is -2.19. The molecule has 35 heavy (non-hydrogen) atoms. The maximum Gasteiger partial charge on any atom is 0.410 e. The highest BCUT2D eigenvalue weighted by Gasteiger charge is 2.22. The average molecular weight is 488 g/mol. The quantitative estimate of drug-likeness (QED) is 0.412. The largest absolute Gasteiger partial charge is 0.507 e. The monoisotopic (exact) mass is 487 g/mol. The molecule has 0 aliphatic carbocycles. The van der Waals surface area contributed by atoms with Crippen LogP contribution in [0.3, 0.4) is 0 Å². The van der Waals surface area contributed by atoms with E-state index in [9.17, 15) is 19.5 Å². The summed E-state index contributed by atoms with van der Waals surface area (Å²) >= 11 is 0. The van der Waals surface area contributed by atoms with Crippen molar-refractivity contribution in [1.82, 2.24) is 5.32 Å². The van der Waals surface area contributed by atoms with Gasteiger partial charge in [-0.25, -0.2) is 9.59 Å². The molecule has 1 heterocycles. The van der Waals surface area contributed by atoms with E-state index < -0.39 is 23.4 Å². The molecule has 1 amide bonds. The number of aryl methyl sites for hydroxylation is 1. The molecule has 0 bridgehead atoms. The van der Waals surface area contributed by atoms with Crippen molar-refractivity contribution >= 4 is 11.9 Å². The third kappa shape index (κ3) is 10.5. The van der Waals surface area contributed by atoms with E-state index in [0.717, 1.165) is 18.8 Å². The fourth-order valence-electron chi connectivity index (χ4n) is 2.87. The Kier molecular flexibility index (Phi) is 12.9. The molecule has 0 saturated carbocycles. The maximum absolute atomic E-state index is 12.0. The summed E-state index contributed by atoms with van der Waals surface area (Å²) in [5.74, 6) is -0.0688. The summed E-state index contributed by atoms with van der Waals surface area (Å²) in [6.45, 7) is 10.1. The van der Waals surface area contributed by atoms with Crippen molar-refractivity contribution in [2.45, 2.75) is 59.8 Å². The van der Waals surface area contributed by atoms with Crippen LogP contribution in [-0.4, -0.2) is 30.7 Å². The van der Waals surface area contributed by atoms with Crippen LogP contribution in [0.5, 0.6) is 11.5 Å². The number of hydrogen-bond donors (Lipinski definition) is 2. The van der Waals surface area contributed by atoms with Crippen LogP contribution in [0.4, 0.5) is 4.79 Å². The van der Waals surface area contributed by atoms with Crippen molar-refractivity contribution in [3.8, 4) is 11.5 Å². The van der Waals surface area contributed by atoms with Crippen molar-refractivity contribution in [2.24, 2.45) is 5.92 Å². The third-order valence-corrected chi connectivity index (χ3v) is 4.97. The Morgan fingerprint density at radius 1 is 1.17 bits per heavy atom. The number of nitrogens with one attached hydrogen (secondary N) is 1. The number of ketones is 1. The number of Topliss-reactive ketones (excluding diaryl/α,β-unsaturated/α-hetero) is 1. The van der Waals surface area contributed by atoms with Crippen molar-refractivity contribution in [3.05, 3.63) is 69.9 Å². The van der Waals surface area contributed by atoms with Crippen LogP contribution in [-0.2, 0) is 4.74 Å². The molecule has 2 aromatic rings. The molecule has 1 unspecified atom stereocenters. The Labute approximate surface area is 207 Å². The van der Waals surface area contributed by atoms with Gasteiger partial charge in [0.1, 0.15) is 22.8 Å². The summed E-state index contributed by atoms with van der Waals surface area (Å²) in [5, 5.41) is 12.4. The molecular formula is C27H37NO7. The summed E-state index contributed by atoms with van der Waals surface area (Å²) in [6, 6.07) is 9.45. The topological polar surface area (TPSA) is 115 Å². The molecule has 8 heteroatoms. The summed E-state index contributed by atoms with van der Waals surface area (Å²) in [6.07, 6.45) is 4.95. The molecule has 8 nitrogen and oxygen atoms in total. The predicted octanol–water partition coefficient (Wildman–Crippen LogP) is 5.72. The first-order valence-corrected chi connectivity index (χ1v) is 11.7. The predicted molar refractivity (Wildman–Crippen MR) is 135 cm³/mol. The highest BCUT2D eigenvalue weighted by atomic mass is 16.5. The molecule has 2 rings (SSSR count). The van der Waals surface area contributed by atoms with Crippen LogP contribution in [0.1, 0.15) is 74.6 Å². The highest BCUT2D eigenvalue weighted by molar-refractivity contribution is 5.99.